The molecule has 0 aliphatic rings. The van der Waals surface area contributed by atoms with Crippen LogP contribution in [0.1, 0.15) is 23.0 Å². The fourth-order valence-corrected chi connectivity index (χ4v) is 2.05. The smallest absolute Gasteiger partial charge is 0.201 e. The van der Waals surface area contributed by atoms with Crippen LogP contribution in [0.4, 0.5) is 5.69 Å². The Labute approximate surface area is 117 Å². The number of aromatic nitrogens is 4. The molecule has 0 aliphatic heterocycles. The van der Waals surface area contributed by atoms with Crippen LogP contribution in [0.25, 0.3) is 0 Å². The number of rotatable bonds is 4. The molecule has 20 heavy (non-hydrogen) atoms. The molecule has 0 radical (unpaired) electrons. The first-order chi connectivity index (χ1) is 9.83. The standard InChI is InChI=1S/C15H15N5/c1-11-7-9-13(10-8-11)16-14(15-17-19-20-18-15)12-5-3-2-4-6-12/h2-10,14,16H,1H3,(H,17,18,19,20). The Balaban J connectivity index is 1.92. The van der Waals surface area contributed by atoms with Gasteiger partial charge in [-0.05, 0) is 24.6 Å². The average molecular weight is 265 g/mol. The highest BCUT2D eigenvalue weighted by Gasteiger charge is 2.18. The van der Waals surface area contributed by atoms with Crippen LogP contribution in [0, 0.1) is 6.92 Å². The third kappa shape index (κ3) is 2.66. The number of nitrogens with one attached hydrogen (secondary N) is 2. The van der Waals surface area contributed by atoms with Gasteiger partial charge >= 0.3 is 0 Å². The molecule has 0 aliphatic carbocycles. The SMILES string of the molecule is Cc1ccc(NC(c2ccccc2)c2nn[nH]n2)cc1. The van der Waals surface area contributed by atoms with E-state index in [2.05, 4.69) is 45.0 Å². The highest BCUT2D eigenvalue weighted by Crippen LogP contribution is 2.23. The fourth-order valence-electron chi connectivity index (χ4n) is 2.05. The maximum absolute atomic E-state index is 4.10. The Morgan fingerprint density at radius 3 is 2.40 bits per heavy atom. The number of aryl methyl sites for hydroxylation is 1. The van der Waals surface area contributed by atoms with Gasteiger partial charge in [-0.25, -0.2) is 0 Å². The summed E-state index contributed by atoms with van der Waals surface area (Å²) in [5, 5.41) is 17.8. The van der Waals surface area contributed by atoms with Crippen LogP contribution in [-0.4, -0.2) is 20.6 Å². The van der Waals surface area contributed by atoms with Crippen LogP contribution in [0.5, 0.6) is 0 Å². The van der Waals surface area contributed by atoms with Crippen molar-refractivity contribution in [1.29, 1.82) is 0 Å². The molecular weight excluding hydrogens is 250 g/mol. The number of anilines is 1. The van der Waals surface area contributed by atoms with Crippen LogP contribution in [0.15, 0.2) is 54.6 Å². The predicted octanol–water partition coefficient (Wildman–Crippen LogP) is 2.71. The van der Waals surface area contributed by atoms with E-state index in [0.717, 1.165) is 11.3 Å². The Morgan fingerprint density at radius 2 is 1.75 bits per heavy atom. The van der Waals surface area contributed by atoms with Gasteiger partial charge in [-0.2, -0.15) is 5.21 Å². The highest BCUT2D eigenvalue weighted by atomic mass is 15.5. The number of benzene rings is 2. The highest BCUT2D eigenvalue weighted by molar-refractivity contribution is 5.48. The molecule has 1 unspecified atom stereocenters. The number of nitrogens with zero attached hydrogens (tertiary/aromatic N) is 3. The third-order valence-electron chi connectivity index (χ3n) is 3.12. The summed E-state index contributed by atoms with van der Waals surface area (Å²) in [4.78, 5) is 0. The Bertz CT molecular complexity index is 647. The molecule has 0 fully saturated rings. The first-order valence-corrected chi connectivity index (χ1v) is 6.44. The molecule has 0 bridgehead atoms. The zero-order valence-corrected chi connectivity index (χ0v) is 11.1. The molecule has 1 heterocycles. The molecule has 1 aromatic heterocycles. The molecular formula is C15H15N5. The second kappa shape index (κ2) is 5.52. The van der Waals surface area contributed by atoms with Crippen molar-refractivity contribution in [3.05, 3.63) is 71.5 Å². The molecule has 5 heteroatoms. The van der Waals surface area contributed by atoms with E-state index in [4.69, 9.17) is 0 Å². The summed E-state index contributed by atoms with van der Waals surface area (Å²) in [6.07, 6.45) is 0. The number of hydrogen-bond acceptors (Lipinski definition) is 4. The summed E-state index contributed by atoms with van der Waals surface area (Å²) in [5.41, 5.74) is 3.34. The summed E-state index contributed by atoms with van der Waals surface area (Å²) in [6.45, 7) is 2.07. The minimum Gasteiger partial charge on any atom is -0.371 e. The first kappa shape index (κ1) is 12.3. The van der Waals surface area contributed by atoms with Crippen molar-refractivity contribution in [1.82, 2.24) is 20.6 Å². The first-order valence-electron chi connectivity index (χ1n) is 6.44. The van der Waals surface area contributed by atoms with Crippen molar-refractivity contribution in [2.75, 3.05) is 5.32 Å². The molecule has 0 amide bonds. The minimum atomic E-state index is -0.127. The van der Waals surface area contributed by atoms with Gasteiger partial charge in [0.1, 0.15) is 6.04 Å². The summed E-state index contributed by atoms with van der Waals surface area (Å²) in [7, 11) is 0. The van der Waals surface area contributed by atoms with E-state index in [1.807, 2.05) is 42.5 Å². The van der Waals surface area contributed by atoms with E-state index >= 15 is 0 Å². The molecule has 1 atom stereocenters. The van der Waals surface area contributed by atoms with Gasteiger partial charge in [0.05, 0.1) is 0 Å². The lowest BCUT2D eigenvalue weighted by atomic mass is 10.1. The van der Waals surface area contributed by atoms with Crippen molar-refractivity contribution in [3.8, 4) is 0 Å². The number of aromatic amines is 1. The van der Waals surface area contributed by atoms with E-state index in [-0.39, 0.29) is 6.04 Å². The minimum absolute atomic E-state index is 0.127. The van der Waals surface area contributed by atoms with Crippen molar-refractivity contribution in [2.24, 2.45) is 0 Å². The fraction of sp³-hybridized carbons (Fsp3) is 0.133. The van der Waals surface area contributed by atoms with Gasteiger partial charge in [0.2, 0.25) is 5.82 Å². The van der Waals surface area contributed by atoms with Gasteiger partial charge in [-0.15, -0.1) is 10.2 Å². The number of tetrazole rings is 1. The van der Waals surface area contributed by atoms with Crippen molar-refractivity contribution in [2.45, 2.75) is 13.0 Å². The molecule has 5 nitrogen and oxygen atoms in total. The van der Waals surface area contributed by atoms with E-state index in [9.17, 15) is 0 Å². The maximum atomic E-state index is 4.10. The van der Waals surface area contributed by atoms with Crippen molar-refractivity contribution < 1.29 is 0 Å². The number of hydrogen-bond donors (Lipinski definition) is 2. The monoisotopic (exact) mass is 265 g/mol. The molecule has 0 saturated heterocycles. The lowest BCUT2D eigenvalue weighted by molar-refractivity contribution is 0.835. The van der Waals surface area contributed by atoms with Gasteiger partial charge in [0, 0.05) is 5.69 Å². The lowest BCUT2D eigenvalue weighted by Gasteiger charge is -2.17. The summed E-state index contributed by atoms with van der Waals surface area (Å²) < 4.78 is 0. The second-order valence-electron chi connectivity index (χ2n) is 4.62. The van der Waals surface area contributed by atoms with E-state index in [0.29, 0.717) is 5.82 Å². The molecule has 2 aromatic carbocycles. The van der Waals surface area contributed by atoms with Gasteiger partial charge < -0.3 is 5.32 Å². The molecule has 3 rings (SSSR count). The van der Waals surface area contributed by atoms with Gasteiger partial charge in [-0.1, -0.05) is 53.2 Å². The van der Waals surface area contributed by atoms with Gasteiger partial charge in [0.25, 0.3) is 0 Å². The van der Waals surface area contributed by atoms with E-state index in [1.165, 1.54) is 5.56 Å². The Morgan fingerprint density at radius 1 is 1.00 bits per heavy atom. The van der Waals surface area contributed by atoms with Gasteiger partial charge in [0.15, 0.2) is 0 Å². The van der Waals surface area contributed by atoms with Gasteiger partial charge in [-0.3, -0.25) is 0 Å². The summed E-state index contributed by atoms with van der Waals surface area (Å²) >= 11 is 0. The van der Waals surface area contributed by atoms with E-state index in [1.54, 1.807) is 0 Å². The maximum Gasteiger partial charge on any atom is 0.201 e. The van der Waals surface area contributed by atoms with Crippen LogP contribution in [-0.2, 0) is 0 Å². The molecule has 100 valence electrons. The summed E-state index contributed by atoms with van der Waals surface area (Å²) in [6, 6.07) is 18.2. The van der Waals surface area contributed by atoms with Crippen LogP contribution >= 0.6 is 0 Å². The van der Waals surface area contributed by atoms with Crippen molar-refractivity contribution in [3.63, 3.8) is 0 Å². The normalized spacial score (nSPS) is 12.1. The average Bonchev–Trinajstić information content (AvgIpc) is 3.01. The predicted molar refractivity (Wildman–Crippen MR) is 77.3 cm³/mol. The van der Waals surface area contributed by atoms with Crippen molar-refractivity contribution >= 4 is 5.69 Å². The molecule has 0 saturated carbocycles. The van der Waals surface area contributed by atoms with Crippen LogP contribution in [0.3, 0.4) is 0 Å². The van der Waals surface area contributed by atoms with E-state index < -0.39 is 0 Å². The quantitative estimate of drug-likeness (QED) is 0.761. The molecule has 2 N–H and O–H groups in total. The Hall–Kier alpha value is -2.69. The molecule has 3 aromatic rings. The molecule has 0 spiro atoms. The lowest BCUT2D eigenvalue weighted by Crippen LogP contribution is -2.14. The van der Waals surface area contributed by atoms with Crippen LogP contribution in [0.2, 0.25) is 0 Å². The summed E-state index contributed by atoms with van der Waals surface area (Å²) in [5.74, 6) is 0.622. The number of H-pyrrole nitrogens is 1. The zero-order chi connectivity index (χ0) is 13.8. The third-order valence-corrected chi connectivity index (χ3v) is 3.12. The zero-order valence-electron chi connectivity index (χ0n) is 11.1. The topological polar surface area (TPSA) is 66.5 Å². The van der Waals surface area contributed by atoms with Crippen LogP contribution < -0.4 is 5.32 Å². The Kier molecular flexibility index (Phi) is 3.41. The second-order valence-corrected chi connectivity index (χ2v) is 4.62. The largest absolute Gasteiger partial charge is 0.371 e.